The van der Waals surface area contributed by atoms with Crippen LogP contribution in [-0.2, 0) is 29.3 Å². The summed E-state index contributed by atoms with van der Waals surface area (Å²) in [5.74, 6) is 1.24. The number of likely N-dealkylation sites (N-methyl/N-ethyl adjacent to an activating group) is 1. The molecule has 0 atom stereocenters. The van der Waals surface area contributed by atoms with Gasteiger partial charge in [0.05, 0.1) is 11.4 Å². The van der Waals surface area contributed by atoms with Gasteiger partial charge in [-0.05, 0) is 49.6 Å². The van der Waals surface area contributed by atoms with Crippen LogP contribution in [0.25, 0.3) is 11.3 Å². The Labute approximate surface area is 200 Å². The highest BCUT2D eigenvalue weighted by Crippen LogP contribution is 2.38. The van der Waals surface area contributed by atoms with Crippen LogP contribution in [0.15, 0.2) is 48.5 Å². The molecule has 178 valence electrons. The molecule has 0 bridgehead atoms. The molecule has 0 unspecified atom stereocenters. The van der Waals surface area contributed by atoms with E-state index in [4.69, 9.17) is 5.73 Å². The average molecular weight is 479 g/mol. The van der Waals surface area contributed by atoms with Gasteiger partial charge in [0.2, 0.25) is 16.0 Å². The maximum Gasteiger partial charge on any atom is 0.233 e. The Morgan fingerprint density at radius 3 is 2.53 bits per heavy atom. The number of sulfonamides is 1. The summed E-state index contributed by atoms with van der Waals surface area (Å²) in [5.41, 5.74) is 11.8. The molecule has 1 fully saturated rings. The van der Waals surface area contributed by atoms with Gasteiger partial charge < -0.3 is 15.5 Å². The Balaban J connectivity index is 1.37. The number of hydrogen-bond acceptors (Lipinski definition) is 7. The summed E-state index contributed by atoms with van der Waals surface area (Å²) in [6, 6.07) is 15.3. The third-order valence-electron chi connectivity index (χ3n) is 6.59. The average Bonchev–Trinajstić information content (AvgIpc) is 2.83. The molecule has 2 aromatic carbocycles. The lowest BCUT2D eigenvalue weighted by molar-refractivity contribution is 0.312. The quantitative estimate of drug-likeness (QED) is 0.561. The van der Waals surface area contributed by atoms with Crippen LogP contribution in [0.4, 0.5) is 17.5 Å². The van der Waals surface area contributed by atoms with Crippen molar-refractivity contribution in [2.75, 3.05) is 54.3 Å². The van der Waals surface area contributed by atoms with Gasteiger partial charge in [0, 0.05) is 43.0 Å². The van der Waals surface area contributed by atoms with Crippen molar-refractivity contribution in [1.29, 1.82) is 0 Å². The number of nitrogen functional groups attached to an aromatic ring is 1. The van der Waals surface area contributed by atoms with Crippen molar-refractivity contribution in [3.05, 3.63) is 65.2 Å². The van der Waals surface area contributed by atoms with E-state index in [1.807, 2.05) is 48.5 Å². The molecule has 0 spiro atoms. The van der Waals surface area contributed by atoms with Gasteiger partial charge in [0.1, 0.15) is 5.82 Å². The van der Waals surface area contributed by atoms with Crippen LogP contribution in [0.3, 0.4) is 0 Å². The van der Waals surface area contributed by atoms with Crippen LogP contribution in [0.1, 0.15) is 16.7 Å². The second-order valence-corrected chi connectivity index (χ2v) is 10.9. The van der Waals surface area contributed by atoms with Gasteiger partial charge in [-0.25, -0.2) is 13.4 Å². The number of fused-ring (bicyclic) bond motifs is 3. The molecule has 1 saturated heterocycles. The number of aryl methyl sites for hydroxylation is 2. The molecule has 1 aliphatic carbocycles. The Bertz CT molecular complexity index is 1290. The van der Waals surface area contributed by atoms with Gasteiger partial charge >= 0.3 is 0 Å². The first-order valence-electron chi connectivity index (χ1n) is 11.7. The second-order valence-electron chi connectivity index (χ2n) is 9.05. The first kappa shape index (κ1) is 22.6. The Hall–Kier alpha value is -3.17. The zero-order valence-corrected chi connectivity index (χ0v) is 20.2. The van der Waals surface area contributed by atoms with Gasteiger partial charge in [-0.3, -0.25) is 4.72 Å². The zero-order valence-electron chi connectivity index (χ0n) is 19.4. The number of piperazine rings is 1. The van der Waals surface area contributed by atoms with Crippen molar-refractivity contribution in [3.8, 4) is 11.3 Å². The first-order valence-corrected chi connectivity index (χ1v) is 13.3. The molecule has 0 amide bonds. The van der Waals surface area contributed by atoms with E-state index in [0.717, 1.165) is 72.8 Å². The Morgan fingerprint density at radius 2 is 1.76 bits per heavy atom. The van der Waals surface area contributed by atoms with Gasteiger partial charge in [-0.1, -0.05) is 36.4 Å². The molecule has 8 nitrogen and oxygen atoms in total. The molecule has 3 aromatic rings. The van der Waals surface area contributed by atoms with Crippen LogP contribution < -0.4 is 15.4 Å². The molecule has 5 rings (SSSR count). The number of hydrogen-bond donors (Lipinski definition) is 2. The SMILES string of the molecule is CN1CCN(c2nc(N)nc3c2CCc2cc(NS(=O)(=O)CCc4ccccc4)ccc2-3)CC1. The molecule has 0 saturated carbocycles. The van der Waals surface area contributed by atoms with Crippen molar-refractivity contribution >= 4 is 27.5 Å². The van der Waals surface area contributed by atoms with Crippen LogP contribution >= 0.6 is 0 Å². The van der Waals surface area contributed by atoms with E-state index in [0.29, 0.717) is 12.1 Å². The van der Waals surface area contributed by atoms with Gasteiger partial charge in [-0.15, -0.1) is 0 Å². The fourth-order valence-electron chi connectivity index (χ4n) is 4.70. The normalized spacial score (nSPS) is 16.1. The number of benzene rings is 2. The number of aromatic nitrogens is 2. The Kier molecular flexibility index (Phi) is 6.14. The second kappa shape index (κ2) is 9.23. The lowest BCUT2D eigenvalue weighted by Crippen LogP contribution is -2.45. The fourth-order valence-corrected chi connectivity index (χ4v) is 5.80. The summed E-state index contributed by atoms with van der Waals surface area (Å²) in [6.07, 6.45) is 2.07. The van der Waals surface area contributed by atoms with Crippen LogP contribution in [0, 0.1) is 0 Å². The predicted octanol–water partition coefficient (Wildman–Crippen LogP) is 2.56. The number of rotatable bonds is 6. The van der Waals surface area contributed by atoms with E-state index in [2.05, 4.69) is 31.5 Å². The summed E-state index contributed by atoms with van der Waals surface area (Å²) in [6.45, 7) is 3.80. The van der Waals surface area contributed by atoms with Crippen LogP contribution in [0.5, 0.6) is 0 Å². The van der Waals surface area contributed by atoms with E-state index in [-0.39, 0.29) is 11.7 Å². The molecule has 3 N–H and O–H groups in total. The number of nitrogens with zero attached hydrogens (tertiary/aromatic N) is 4. The Morgan fingerprint density at radius 1 is 1.00 bits per heavy atom. The van der Waals surface area contributed by atoms with Crippen molar-refractivity contribution in [2.24, 2.45) is 0 Å². The molecule has 9 heteroatoms. The van der Waals surface area contributed by atoms with Crippen LogP contribution in [-0.4, -0.2) is 62.3 Å². The van der Waals surface area contributed by atoms with E-state index in [1.165, 1.54) is 0 Å². The number of anilines is 3. The topological polar surface area (TPSA) is 104 Å². The highest BCUT2D eigenvalue weighted by Gasteiger charge is 2.26. The number of nitrogens with two attached hydrogens (primary N) is 1. The maximum absolute atomic E-state index is 12.7. The molecular weight excluding hydrogens is 448 g/mol. The molecule has 2 heterocycles. The largest absolute Gasteiger partial charge is 0.368 e. The molecule has 0 radical (unpaired) electrons. The maximum atomic E-state index is 12.7. The number of nitrogens with one attached hydrogen (secondary N) is 1. The van der Waals surface area contributed by atoms with E-state index in [1.54, 1.807) is 0 Å². The van der Waals surface area contributed by atoms with Crippen molar-refractivity contribution < 1.29 is 8.42 Å². The van der Waals surface area contributed by atoms with Gasteiger partial charge in [-0.2, -0.15) is 4.98 Å². The van der Waals surface area contributed by atoms with E-state index < -0.39 is 10.0 Å². The van der Waals surface area contributed by atoms with Crippen molar-refractivity contribution in [1.82, 2.24) is 14.9 Å². The van der Waals surface area contributed by atoms with E-state index in [9.17, 15) is 8.42 Å². The third-order valence-corrected chi connectivity index (χ3v) is 7.87. The predicted molar refractivity (Wildman–Crippen MR) is 137 cm³/mol. The summed E-state index contributed by atoms with van der Waals surface area (Å²) in [7, 11) is -1.33. The summed E-state index contributed by atoms with van der Waals surface area (Å²) in [5, 5.41) is 0. The molecule has 1 aliphatic heterocycles. The lowest BCUT2D eigenvalue weighted by atomic mass is 9.88. The molecule has 2 aliphatic rings. The fraction of sp³-hybridized carbons (Fsp3) is 0.360. The minimum Gasteiger partial charge on any atom is -0.368 e. The smallest absolute Gasteiger partial charge is 0.233 e. The zero-order chi connectivity index (χ0) is 23.7. The molecule has 1 aromatic heterocycles. The summed E-state index contributed by atoms with van der Waals surface area (Å²) < 4.78 is 28.1. The minimum absolute atomic E-state index is 0.0368. The van der Waals surface area contributed by atoms with Gasteiger partial charge in [0.15, 0.2) is 0 Å². The molecule has 34 heavy (non-hydrogen) atoms. The third kappa shape index (κ3) is 4.85. The first-order chi connectivity index (χ1) is 16.4. The lowest BCUT2D eigenvalue weighted by Gasteiger charge is -2.35. The highest BCUT2D eigenvalue weighted by molar-refractivity contribution is 7.92. The summed E-state index contributed by atoms with van der Waals surface area (Å²) >= 11 is 0. The monoisotopic (exact) mass is 478 g/mol. The van der Waals surface area contributed by atoms with E-state index >= 15 is 0 Å². The minimum atomic E-state index is -3.46. The standard InChI is InChI=1S/C25H30N6O2S/c1-30-12-14-31(15-13-30)24-22-9-7-19-17-20(8-10-21(19)23(22)27-25(26)28-24)29-34(32,33)16-11-18-5-3-2-4-6-18/h2-6,8,10,17,29H,7,9,11-16H2,1H3,(H2,26,27,28). The van der Waals surface area contributed by atoms with Gasteiger partial charge in [0.25, 0.3) is 0 Å². The van der Waals surface area contributed by atoms with Crippen LogP contribution in [0.2, 0.25) is 0 Å². The van der Waals surface area contributed by atoms with Crippen molar-refractivity contribution in [2.45, 2.75) is 19.3 Å². The molecular formula is C25H30N6O2S. The summed E-state index contributed by atoms with van der Waals surface area (Å²) in [4.78, 5) is 13.8. The highest BCUT2D eigenvalue weighted by atomic mass is 32.2. The van der Waals surface area contributed by atoms with Crippen molar-refractivity contribution in [3.63, 3.8) is 0 Å².